The van der Waals surface area contributed by atoms with Crippen molar-refractivity contribution >= 4 is 14.3 Å². The van der Waals surface area contributed by atoms with Gasteiger partial charge in [-0.15, -0.1) is 0 Å². The van der Waals surface area contributed by atoms with Gasteiger partial charge in [-0.3, -0.25) is 4.79 Å². The van der Waals surface area contributed by atoms with Crippen molar-refractivity contribution in [3.63, 3.8) is 0 Å². The second kappa shape index (κ2) is 9.42. The van der Waals surface area contributed by atoms with Crippen LogP contribution in [0.5, 0.6) is 11.5 Å². The van der Waals surface area contributed by atoms with Crippen molar-refractivity contribution in [1.82, 2.24) is 5.06 Å². The van der Waals surface area contributed by atoms with E-state index in [-0.39, 0.29) is 30.3 Å². The number of hydroxylamine groups is 2. The van der Waals surface area contributed by atoms with Gasteiger partial charge in [-0.25, -0.2) is 0 Å². The number of esters is 1. The Kier molecular flexibility index (Phi) is 7.09. The lowest BCUT2D eigenvalue weighted by molar-refractivity contribution is -0.153. The Morgan fingerprint density at radius 3 is 2.42 bits per heavy atom. The van der Waals surface area contributed by atoms with Gasteiger partial charge >= 0.3 is 5.97 Å². The second-order valence-electron chi connectivity index (χ2n) is 9.32. The number of nitrogens with zero attached hydrogens (tertiary/aromatic N) is 1. The molecule has 0 fully saturated rings. The van der Waals surface area contributed by atoms with Crippen molar-refractivity contribution in [2.75, 3.05) is 13.9 Å². The summed E-state index contributed by atoms with van der Waals surface area (Å²) in [5.41, 5.74) is 2.03. The molecule has 31 heavy (non-hydrogen) atoms. The second-order valence-corrected chi connectivity index (χ2v) is 14.0. The molecule has 0 aliphatic carbocycles. The molecule has 0 saturated heterocycles. The van der Waals surface area contributed by atoms with Gasteiger partial charge in [-0.2, -0.15) is 5.06 Å². The predicted molar refractivity (Wildman–Crippen MR) is 122 cm³/mol. The summed E-state index contributed by atoms with van der Waals surface area (Å²) in [6.45, 7) is 11.8. The summed E-state index contributed by atoms with van der Waals surface area (Å²) in [6, 6.07) is 15.6. The molecule has 0 bridgehead atoms. The molecule has 1 heterocycles. The zero-order valence-corrected chi connectivity index (χ0v) is 20.3. The van der Waals surface area contributed by atoms with Gasteiger partial charge in [0.25, 0.3) is 0 Å². The molecule has 6 nitrogen and oxygen atoms in total. The van der Waals surface area contributed by atoms with Crippen LogP contribution in [0.1, 0.15) is 44.4 Å². The van der Waals surface area contributed by atoms with Gasteiger partial charge in [0.15, 0.2) is 11.5 Å². The number of rotatable bonds is 8. The first-order chi connectivity index (χ1) is 14.6. The Labute approximate surface area is 186 Å². The van der Waals surface area contributed by atoms with E-state index in [1.165, 1.54) is 7.11 Å². The minimum atomic E-state index is -2.18. The Hall–Kier alpha value is -2.35. The summed E-state index contributed by atoms with van der Waals surface area (Å²) >= 11 is 0. The smallest absolute Gasteiger partial charge is 0.307 e. The first-order valence-electron chi connectivity index (χ1n) is 10.6. The number of carbonyl (C=O) groups is 1. The molecule has 1 aliphatic heterocycles. The molecule has 1 atom stereocenters. The molecular weight excluding hydrogens is 410 g/mol. The maximum absolute atomic E-state index is 12.4. The van der Waals surface area contributed by atoms with Gasteiger partial charge in [0, 0.05) is 6.54 Å². The lowest BCUT2D eigenvalue weighted by Crippen LogP contribution is -2.47. The third kappa shape index (κ3) is 5.67. The largest absolute Gasteiger partial charge is 0.469 e. The monoisotopic (exact) mass is 443 g/mol. The molecule has 1 unspecified atom stereocenters. The molecule has 0 saturated carbocycles. The lowest BCUT2D eigenvalue weighted by atomic mass is 10.0. The molecule has 0 spiro atoms. The number of hydrogen-bond acceptors (Lipinski definition) is 6. The summed E-state index contributed by atoms with van der Waals surface area (Å²) in [7, 11) is -0.769. The zero-order chi connectivity index (χ0) is 22.6. The molecule has 1 aliphatic rings. The van der Waals surface area contributed by atoms with Crippen LogP contribution in [0.25, 0.3) is 0 Å². The van der Waals surface area contributed by atoms with E-state index >= 15 is 0 Å². The highest BCUT2D eigenvalue weighted by Crippen LogP contribution is 2.41. The number of ether oxygens (including phenoxy) is 3. The predicted octanol–water partition coefficient (Wildman–Crippen LogP) is 5.46. The van der Waals surface area contributed by atoms with E-state index in [9.17, 15) is 4.79 Å². The summed E-state index contributed by atoms with van der Waals surface area (Å²) in [6.07, 6.45) is 0.164. The average Bonchev–Trinajstić information content (AvgIpc) is 3.19. The minimum absolute atomic E-state index is 0.00659. The molecule has 0 N–H and O–H groups in total. The first-order valence-corrected chi connectivity index (χ1v) is 13.5. The maximum atomic E-state index is 12.4. The lowest BCUT2D eigenvalue weighted by Gasteiger charge is -2.42. The van der Waals surface area contributed by atoms with Crippen LogP contribution in [-0.4, -0.2) is 33.3 Å². The van der Waals surface area contributed by atoms with Gasteiger partial charge < -0.3 is 18.7 Å². The maximum Gasteiger partial charge on any atom is 0.307 e. The minimum Gasteiger partial charge on any atom is -0.469 e. The summed E-state index contributed by atoms with van der Waals surface area (Å²) in [5.74, 6) is 1.10. The van der Waals surface area contributed by atoms with Crippen LogP contribution >= 0.6 is 0 Å². The van der Waals surface area contributed by atoms with Crippen molar-refractivity contribution in [1.29, 1.82) is 0 Å². The zero-order valence-electron chi connectivity index (χ0n) is 19.3. The average molecular weight is 444 g/mol. The van der Waals surface area contributed by atoms with Gasteiger partial charge in [0.1, 0.15) is 0 Å². The van der Waals surface area contributed by atoms with Crippen LogP contribution in [0.4, 0.5) is 0 Å². The SMILES string of the molecule is COC(=O)CC(c1ccc2c(c1)OCO2)N(Cc1ccccc1)O[Si](C)(C)C(C)(C)C. The van der Waals surface area contributed by atoms with E-state index < -0.39 is 8.32 Å². The van der Waals surface area contributed by atoms with Crippen LogP contribution in [0.3, 0.4) is 0 Å². The highest BCUT2D eigenvalue weighted by molar-refractivity contribution is 6.74. The van der Waals surface area contributed by atoms with Crippen LogP contribution in [0.2, 0.25) is 18.1 Å². The summed E-state index contributed by atoms with van der Waals surface area (Å²) < 4.78 is 22.9. The first kappa shape index (κ1) is 23.3. The fourth-order valence-electron chi connectivity index (χ4n) is 3.15. The quantitative estimate of drug-likeness (QED) is 0.307. The fourth-order valence-corrected chi connectivity index (χ4v) is 4.20. The van der Waals surface area contributed by atoms with Gasteiger partial charge in [0.2, 0.25) is 15.1 Å². The van der Waals surface area contributed by atoms with Crippen molar-refractivity contribution in [3.05, 3.63) is 59.7 Å². The third-order valence-corrected chi connectivity index (χ3v) is 10.4. The Morgan fingerprint density at radius 2 is 1.77 bits per heavy atom. The molecule has 0 amide bonds. The van der Waals surface area contributed by atoms with E-state index in [2.05, 4.69) is 46.0 Å². The van der Waals surface area contributed by atoms with E-state index in [4.69, 9.17) is 18.7 Å². The van der Waals surface area contributed by atoms with Crippen LogP contribution in [0.15, 0.2) is 48.5 Å². The fraction of sp³-hybridized carbons (Fsp3) is 0.458. The van der Waals surface area contributed by atoms with Crippen molar-refractivity contribution < 1.29 is 23.5 Å². The molecule has 0 radical (unpaired) electrons. The van der Waals surface area contributed by atoms with Crippen LogP contribution in [-0.2, 0) is 20.6 Å². The highest BCUT2D eigenvalue weighted by Gasteiger charge is 2.41. The molecule has 0 aromatic heterocycles. The number of fused-ring (bicyclic) bond motifs is 1. The Balaban J connectivity index is 2.01. The molecule has 7 heteroatoms. The van der Waals surface area contributed by atoms with Gasteiger partial charge in [-0.05, 0) is 41.4 Å². The molecule has 2 aromatic rings. The molecule has 3 rings (SSSR count). The molecule has 168 valence electrons. The van der Waals surface area contributed by atoms with Crippen LogP contribution in [0, 0.1) is 0 Å². The normalized spacial score (nSPS) is 14.5. The van der Waals surface area contributed by atoms with E-state index in [1.807, 2.05) is 41.5 Å². The molecule has 2 aromatic carbocycles. The van der Waals surface area contributed by atoms with Gasteiger partial charge in [0.05, 0.1) is 19.6 Å². The highest BCUT2D eigenvalue weighted by atomic mass is 28.4. The third-order valence-electron chi connectivity index (χ3n) is 6.05. The number of benzene rings is 2. The number of hydrogen-bond donors (Lipinski definition) is 0. The summed E-state index contributed by atoms with van der Waals surface area (Å²) in [4.78, 5) is 12.4. The number of methoxy groups -OCH3 is 1. The Bertz CT molecular complexity index is 895. The standard InChI is InChI=1S/C24H33NO5Si/c1-24(2,3)31(5,6)30-25(16-18-10-8-7-9-11-18)20(15-23(26)27-4)19-12-13-21-22(14-19)29-17-28-21/h7-14,20H,15-17H2,1-6H3. The molecular formula is C24H33NO5Si. The van der Waals surface area contributed by atoms with Crippen LogP contribution < -0.4 is 9.47 Å². The topological polar surface area (TPSA) is 57.2 Å². The summed E-state index contributed by atoms with van der Waals surface area (Å²) in [5, 5.41) is 1.97. The van der Waals surface area contributed by atoms with E-state index in [0.29, 0.717) is 18.0 Å². The van der Waals surface area contributed by atoms with Crippen molar-refractivity contribution in [2.45, 2.75) is 57.9 Å². The van der Waals surface area contributed by atoms with Gasteiger partial charge in [-0.1, -0.05) is 57.2 Å². The van der Waals surface area contributed by atoms with E-state index in [1.54, 1.807) is 0 Å². The number of carbonyl (C=O) groups excluding carboxylic acids is 1. The van der Waals surface area contributed by atoms with Crippen molar-refractivity contribution in [3.8, 4) is 11.5 Å². The van der Waals surface area contributed by atoms with E-state index in [0.717, 1.165) is 11.1 Å². The Morgan fingerprint density at radius 1 is 1.10 bits per heavy atom. The van der Waals surface area contributed by atoms with Crippen molar-refractivity contribution in [2.24, 2.45) is 0 Å².